The van der Waals surface area contributed by atoms with E-state index < -0.39 is 21.3 Å². The molecule has 0 rings (SSSR count). The van der Waals surface area contributed by atoms with Gasteiger partial charge in [-0.15, -0.1) is 0 Å². The molecule has 0 fully saturated rings. The minimum absolute atomic E-state index is 0.111. The van der Waals surface area contributed by atoms with Gasteiger partial charge >= 0.3 is 5.97 Å². The van der Waals surface area contributed by atoms with Gasteiger partial charge in [0.25, 0.3) is 10.1 Å². The van der Waals surface area contributed by atoms with Gasteiger partial charge in [0.15, 0.2) is 5.25 Å². The highest BCUT2D eigenvalue weighted by Crippen LogP contribution is 2.16. The molecule has 0 aliphatic rings. The standard InChI is InChI=1S/C14H28O5S/c1-4-7-9-12(6-3)11-19-14(15)13(10-8-5-2)20(16,17)18/h12-13H,4-11H2,1-3H3,(H,16,17,18). The fourth-order valence-corrected chi connectivity index (χ4v) is 2.74. The molecule has 2 unspecified atom stereocenters. The Morgan fingerprint density at radius 2 is 1.65 bits per heavy atom. The molecule has 0 aliphatic heterocycles. The number of unbranched alkanes of at least 4 members (excludes halogenated alkanes) is 2. The van der Waals surface area contributed by atoms with Crippen LogP contribution in [-0.4, -0.2) is 30.8 Å². The second-order valence-corrected chi connectivity index (χ2v) is 6.79. The van der Waals surface area contributed by atoms with Gasteiger partial charge in [0.1, 0.15) is 0 Å². The molecule has 0 radical (unpaired) electrons. The highest BCUT2D eigenvalue weighted by molar-refractivity contribution is 7.87. The smallest absolute Gasteiger partial charge is 0.326 e. The van der Waals surface area contributed by atoms with Crippen LogP contribution in [0.3, 0.4) is 0 Å². The van der Waals surface area contributed by atoms with Gasteiger partial charge in [0, 0.05) is 0 Å². The van der Waals surface area contributed by atoms with Crippen LogP contribution in [0, 0.1) is 5.92 Å². The van der Waals surface area contributed by atoms with E-state index in [1.807, 2.05) is 13.8 Å². The first-order chi connectivity index (χ1) is 9.36. The van der Waals surface area contributed by atoms with Crippen molar-refractivity contribution in [2.75, 3.05) is 6.61 Å². The molecular formula is C14H28O5S. The average Bonchev–Trinajstić information content (AvgIpc) is 2.38. The normalized spacial score (nSPS) is 14.8. The number of carbonyl (C=O) groups excluding carboxylic acids is 1. The van der Waals surface area contributed by atoms with E-state index in [4.69, 9.17) is 9.29 Å². The predicted molar refractivity (Wildman–Crippen MR) is 79.1 cm³/mol. The van der Waals surface area contributed by atoms with Gasteiger partial charge in [-0.1, -0.05) is 52.9 Å². The minimum Gasteiger partial charge on any atom is -0.464 e. The molecule has 0 aromatic heterocycles. The molecule has 0 bridgehead atoms. The number of rotatable bonds is 11. The Morgan fingerprint density at radius 1 is 1.10 bits per heavy atom. The van der Waals surface area contributed by atoms with E-state index >= 15 is 0 Å². The summed E-state index contributed by atoms with van der Waals surface area (Å²) in [5.74, 6) is -0.567. The summed E-state index contributed by atoms with van der Waals surface area (Å²) >= 11 is 0. The van der Waals surface area contributed by atoms with Gasteiger partial charge in [-0.25, -0.2) is 0 Å². The number of hydrogen-bond donors (Lipinski definition) is 1. The lowest BCUT2D eigenvalue weighted by Gasteiger charge is -2.17. The molecular weight excluding hydrogens is 280 g/mol. The van der Waals surface area contributed by atoms with Crippen LogP contribution < -0.4 is 0 Å². The Hall–Kier alpha value is -0.620. The minimum atomic E-state index is -4.38. The molecule has 0 amide bonds. The van der Waals surface area contributed by atoms with E-state index in [2.05, 4.69) is 6.92 Å². The lowest BCUT2D eigenvalue weighted by atomic mass is 10.0. The first kappa shape index (κ1) is 19.4. The van der Waals surface area contributed by atoms with Gasteiger partial charge in [0.2, 0.25) is 0 Å². The van der Waals surface area contributed by atoms with Crippen LogP contribution in [0.4, 0.5) is 0 Å². The summed E-state index contributed by atoms with van der Waals surface area (Å²) in [5.41, 5.74) is 0. The summed E-state index contributed by atoms with van der Waals surface area (Å²) in [6.45, 7) is 6.24. The van der Waals surface area contributed by atoms with E-state index in [-0.39, 0.29) is 18.9 Å². The SMILES string of the molecule is CCCCC(CC)COC(=O)C(CCCC)S(=O)(=O)O. The van der Waals surface area contributed by atoms with Crippen molar-refractivity contribution >= 4 is 16.1 Å². The van der Waals surface area contributed by atoms with Crippen molar-refractivity contribution in [3.63, 3.8) is 0 Å². The molecule has 0 aromatic rings. The Morgan fingerprint density at radius 3 is 2.10 bits per heavy atom. The molecule has 0 heterocycles. The van der Waals surface area contributed by atoms with Gasteiger partial charge in [-0.3, -0.25) is 9.35 Å². The van der Waals surface area contributed by atoms with E-state index in [1.54, 1.807) is 0 Å². The molecule has 5 nitrogen and oxygen atoms in total. The molecule has 120 valence electrons. The van der Waals surface area contributed by atoms with Gasteiger partial charge in [-0.2, -0.15) is 8.42 Å². The Kier molecular flexibility index (Phi) is 9.84. The lowest BCUT2D eigenvalue weighted by Crippen LogP contribution is -2.32. The zero-order valence-corrected chi connectivity index (χ0v) is 13.6. The van der Waals surface area contributed by atoms with Gasteiger partial charge in [0.05, 0.1) is 6.61 Å². The van der Waals surface area contributed by atoms with E-state index in [1.165, 1.54) is 0 Å². The van der Waals surface area contributed by atoms with Crippen molar-refractivity contribution in [2.24, 2.45) is 5.92 Å². The molecule has 6 heteroatoms. The first-order valence-corrected chi connectivity index (χ1v) is 8.99. The second-order valence-electron chi connectivity index (χ2n) is 5.19. The maximum atomic E-state index is 11.8. The van der Waals surface area contributed by atoms with Gasteiger partial charge < -0.3 is 4.74 Å². The highest BCUT2D eigenvalue weighted by Gasteiger charge is 2.32. The average molecular weight is 308 g/mol. The molecule has 2 atom stereocenters. The molecule has 0 saturated heterocycles. The van der Waals surface area contributed by atoms with E-state index in [9.17, 15) is 13.2 Å². The first-order valence-electron chi connectivity index (χ1n) is 7.49. The van der Waals surface area contributed by atoms with Crippen LogP contribution in [0.15, 0.2) is 0 Å². The summed E-state index contributed by atoms with van der Waals surface area (Å²) in [5, 5.41) is -1.44. The quantitative estimate of drug-likeness (QED) is 0.468. The number of ether oxygens (including phenoxy) is 1. The Labute approximate surface area is 122 Å². The Bertz CT molecular complexity index is 364. The second kappa shape index (κ2) is 10.2. The fourth-order valence-electron chi connectivity index (χ4n) is 1.97. The maximum absolute atomic E-state index is 11.8. The van der Waals surface area contributed by atoms with Crippen molar-refractivity contribution in [1.29, 1.82) is 0 Å². The zero-order chi connectivity index (χ0) is 15.6. The molecule has 0 spiro atoms. The van der Waals surface area contributed by atoms with Crippen LogP contribution >= 0.6 is 0 Å². The van der Waals surface area contributed by atoms with E-state index in [0.717, 1.165) is 32.1 Å². The molecule has 20 heavy (non-hydrogen) atoms. The number of carbonyl (C=O) groups is 1. The van der Waals surface area contributed by atoms with Crippen LogP contribution in [0.25, 0.3) is 0 Å². The molecule has 0 saturated carbocycles. The van der Waals surface area contributed by atoms with Crippen LogP contribution in [0.5, 0.6) is 0 Å². The Balaban J connectivity index is 4.45. The number of esters is 1. The summed E-state index contributed by atoms with van der Waals surface area (Å²) < 4.78 is 36.6. The summed E-state index contributed by atoms with van der Waals surface area (Å²) in [7, 11) is -4.38. The summed E-state index contributed by atoms with van der Waals surface area (Å²) in [6.07, 6.45) is 5.42. The number of hydrogen-bond acceptors (Lipinski definition) is 4. The highest BCUT2D eigenvalue weighted by atomic mass is 32.2. The van der Waals surface area contributed by atoms with Crippen LogP contribution in [-0.2, 0) is 19.6 Å². The third kappa shape index (κ3) is 7.85. The van der Waals surface area contributed by atoms with E-state index in [0.29, 0.717) is 6.42 Å². The fraction of sp³-hybridized carbons (Fsp3) is 0.929. The third-order valence-electron chi connectivity index (χ3n) is 3.45. The predicted octanol–water partition coefficient (Wildman–Crippen LogP) is 3.19. The van der Waals surface area contributed by atoms with Crippen molar-refractivity contribution in [2.45, 2.75) is 71.0 Å². The molecule has 0 aliphatic carbocycles. The topological polar surface area (TPSA) is 80.7 Å². The van der Waals surface area contributed by atoms with Crippen molar-refractivity contribution < 1.29 is 22.5 Å². The zero-order valence-electron chi connectivity index (χ0n) is 12.8. The lowest BCUT2D eigenvalue weighted by molar-refractivity contribution is -0.144. The van der Waals surface area contributed by atoms with Crippen LogP contribution in [0.2, 0.25) is 0 Å². The monoisotopic (exact) mass is 308 g/mol. The van der Waals surface area contributed by atoms with Crippen molar-refractivity contribution in [1.82, 2.24) is 0 Å². The molecule has 1 N–H and O–H groups in total. The largest absolute Gasteiger partial charge is 0.464 e. The van der Waals surface area contributed by atoms with Crippen molar-refractivity contribution in [3.05, 3.63) is 0 Å². The maximum Gasteiger partial charge on any atom is 0.326 e. The van der Waals surface area contributed by atoms with Crippen LogP contribution in [0.1, 0.15) is 65.7 Å². The van der Waals surface area contributed by atoms with Crippen molar-refractivity contribution in [3.8, 4) is 0 Å². The summed E-state index contributed by atoms with van der Waals surface area (Å²) in [4.78, 5) is 11.8. The van der Waals surface area contributed by atoms with Gasteiger partial charge in [-0.05, 0) is 18.8 Å². The summed E-state index contributed by atoms with van der Waals surface area (Å²) in [6, 6.07) is 0. The molecule has 0 aromatic carbocycles. The third-order valence-corrected chi connectivity index (χ3v) is 4.59.